The van der Waals surface area contributed by atoms with E-state index in [1.807, 2.05) is 6.07 Å². The minimum Gasteiger partial charge on any atom is -0.481 e. The average molecular weight is 320 g/mol. The predicted octanol–water partition coefficient (Wildman–Crippen LogP) is 2.54. The molecule has 1 aliphatic heterocycles. The molecule has 5 nitrogen and oxygen atoms in total. The van der Waals surface area contributed by atoms with Crippen LogP contribution in [0.3, 0.4) is 0 Å². The normalized spacial score (nSPS) is 24.0. The zero-order valence-corrected chi connectivity index (χ0v) is 12.9. The van der Waals surface area contributed by atoms with Crippen LogP contribution in [-0.2, 0) is 17.8 Å². The molecule has 1 fully saturated rings. The maximum absolute atomic E-state index is 13.9. The third-order valence-corrected chi connectivity index (χ3v) is 4.91. The molecular formula is C17H21FN2O3. The number of amides is 2. The third kappa shape index (κ3) is 3.46. The van der Waals surface area contributed by atoms with Crippen LogP contribution in [0.5, 0.6) is 0 Å². The van der Waals surface area contributed by atoms with Gasteiger partial charge >= 0.3 is 12.0 Å². The van der Waals surface area contributed by atoms with Gasteiger partial charge in [0.25, 0.3) is 0 Å². The molecule has 0 saturated heterocycles. The average Bonchev–Trinajstić information content (AvgIpc) is 2.55. The Labute approximate surface area is 134 Å². The minimum atomic E-state index is -0.752. The van der Waals surface area contributed by atoms with Gasteiger partial charge in [-0.2, -0.15) is 0 Å². The number of nitrogens with zero attached hydrogens (tertiary/aromatic N) is 1. The van der Waals surface area contributed by atoms with Gasteiger partial charge in [0.1, 0.15) is 5.82 Å². The van der Waals surface area contributed by atoms with Crippen LogP contribution in [0.15, 0.2) is 18.2 Å². The lowest BCUT2D eigenvalue weighted by molar-refractivity contribution is -0.142. The van der Waals surface area contributed by atoms with Gasteiger partial charge in [0.2, 0.25) is 0 Å². The molecule has 1 aliphatic carbocycles. The number of halogens is 1. The summed E-state index contributed by atoms with van der Waals surface area (Å²) in [6.07, 6.45) is 3.21. The first-order chi connectivity index (χ1) is 11.0. The fourth-order valence-corrected chi connectivity index (χ4v) is 3.46. The van der Waals surface area contributed by atoms with Crippen molar-refractivity contribution in [1.82, 2.24) is 10.2 Å². The van der Waals surface area contributed by atoms with E-state index < -0.39 is 5.97 Å². The first-order valence-electron chi connectivity index (χ1n) is 8.09. The molecule has 1 aromatic carbocycles. The van der Waals surface area contributed by atoms with Crippen molar-refractivity contribution >= 4 is 12.0 Å². The van der Waals surface area contributed by atoms with Crippen molar-refractivity contribution in [3.8, 4) is 0 Å². The molecule has 0 unspecified atom stereocenters. The van der Waals surface area contributed by atoms with Crippen molar-refractivity contribution in [2.45, 2.75) is 44.7 Å². The molecule has 2 N–H and O–H groups in total. The lowest BCUT2D eigenvalue weighted by Crippen LogP contribution is -2.48. The van der Waals surface area contributed by atoms with Gasteiger partial charge in [-0.25, -0.2) is 9.18 Å². The van der Waals surface area contributed by atoms with Crippen molar-refractivity contribution in [2.75, 3.05) is 6.54 Å². The van der Waals surface area contributed by atoms with Crippen molar-refractivity contribution in [3.63, 3.8) is 0 Å². The summed E-state index contributed by atoms with van der Waals surface area (Å²) >= 11 is 0. The van der Waals surface area contributed by atoms with Gasteiger partial charge in [0.05, 0.1) is 12.5 Å². The molecule has 0 bridgehead atoms. The highest BCUT2D eigenvalue weighted by Gasteiger charge is 2.29. The Morgan fingerprint density at radius 1 is 1.22 bits per heavy atom. The lowest BCUT2D eigenvalue weighted by atomic mass is 9.86. The number of carboxylic acid groups (broad SMARTS) is 1. The van der Waals surface area contributed by atoms with Gasteiger partial charge in [-0.05, 0) is 43.7 Å². The summed E-state index contributed by atoms with van der Waals surface area (Å²) in [6, 6.07) is 4.86. The molecule has 2 amide bonds. The van der Waals surface area contributed by atoms with Gasteiger partial charge < -0.3 is 15.3 Å². The fourth-order valence-electron chi connectivity index (χ4n) is 3.46. The van der Waals surface area contributed by atoms with Crippen LogP contribution >= 0.6 is 0 Å². The zero-order chi connectivity index (χ0) is 16.4. The first-order valence-corrected chi connectivity index (χ1v) is 8.09. The maximum Gasteiger partial charge on any atom is 0.317 e. The minimum absolute atomic E-state index is 0.0140. The smallest absolute Gasteiger partial charge is 0.317 e. The molecule has 6 heteroatoms. The van der Waals surface area contributed by atoms with E-state index in [0.29, 0.717) is 44.2 Å². The third-order valence-electron chi connectivity index (χ3n) is 4.91. The van der Waals surface area contributed by atoms with Gasteiger partial charge in [0.15, 0.2) is 0 Å². The summed E-state index contributed by atoms with van der Waals surface area (Å²) in [4.78, 5) is 25.0. The van der Waals surface area contributed by atoms with Crippen LogP contribution in [-0.4, -0.2) is 34.6 Å². The van der Waals surface area contributed by atoms with Crippen LogP contribution in [0.2, 0.25) is 0 Å². The number of nitrogens with one attached hydrogen (secondary N) is 1. The number of benzene rings is 1. The number of fused-ring (bicyclic) bond motifs is 1. The number of urea groups is 1. The lowest BCUT2D eigenvalue weighted by Gasteiger charge is -2.32. The molecule has 3 rings (SSSR count). The number of aliphatic carboxylic acids is 1. The predicted molar refractivity (Wildman–Crippen MR) is 82.4 cm³/mol. The molecule has 0 atom stereocenters. The molecule has 0 spiro atoms. The molecule has 0 radical (unpaired) electrons. The number of rotatable bonds is 2. The summed E-state index contributed by atoms with van der Waals surface area (Å²) in [5.41, 5.74) is 1.57. The maximum atomic E-state index is 13.9. The van der Waals surface area contributed by atoms with Crippen molar-refractivity contribution in [3.05, 3.63) is 35.1 Å². The zero-order valence-electron chi connectivity index (χ0n) is 12.9. The highest BCUT2D eigenvalue weighted by Crippen LogP contribution is 2.25. The van der Waals surface area contributed by atoms with E-state index in [9.17, 15) is 14.0 Å². The number of carbonyl (C=O) groups is 2. The van der Waals surface area contributed by atoms with E-state index in [1.165, 1.54) is 6.07 Å². The highest BCUT2D eigenvalue weighted by molar-refractivity contribution is 5.75. The van der Waals surface area contributed by atoms with Crippen molar-refractivity contribution in [1.29, 1.82) is 0 Å². The van der Waals surface area contributed by atoms with Crippen LogP contribution in [0.1, 0.15) is 36.8 Å². The van der Waals surface area contributed by atoms with E-state index in [-0.39, 0.29) is 30.4 Å². The van der Waals surface area contributed by atoms with E-state index >= 15 is 0 Å². The van der Waals surface area contributed by atoms with Crippen molar-refractivity contribution in [2.24, 2.45) is 5.92 Å². The monoisotopic (exact) mass is 320 g/mol. The second-order valence-electron chi connectivity index (χ2n) is 6.39. The van der Waals surface area contributed by atoms with E-state index in [1.54, 1.807) is 11.0 Å². The Hall–Kier alpha value is -2.11. The first kappa shape index (κ1) is 15.8. The van der Waals surface area contributed by atoms with Gasteiger partial charge in [-0.15, -0.1) is 0 Å². The van der Waals surface area contributed by atoms with Gasteiger partial charge in [0, 0.05) is 18.2 Å². The molecule has 2 aliphatic rings. The molecule has 1 aromatic rings. The Morgan fingerprint density at radius 2 is 1.96 bits per heavy atom. The van der Waals surface area contributed by atoms with Crippen molar-refractivity contribution < 1.29 is 19.1 Å². The number of hydrogen-bond donors (Lipinski definition) is 2. The SMILES string of the molecule is O=C(O)C1CCC(NC(=O)N2CCc3cccc(F)c3C2)CC1. The standard InChI is InChI=1S/C17H21FN2O3/c18-15-3-1-2-11-8-9-20(10-14(11)15)17(23)19-13-6-4-12(5-7-13)16(21)22/h1-3,12-13H,4-10H2,(H,19,23)(H,21,22). The summed E-state index contributed by atoms with van der Waals surface area (Å²) in [6.45, 7) is 0.866. The Balaban J connectivity index is 1.56. The largest absolute Gasteiger partial charge is 0.481 e. The number of hydrogen-bond acceptors (Lipinski definition) is 2. The van der Waals surface area contributed by atoms with E-state index in [0.717, 1.165) is 5.56 Å². The highest BCUT2D eigenvalue weighted by atomic mass is 19.1. The van der Waals surface area contributed by atoms with Crippen LogP contribution in [0, 0.1) is 11.7 Å². The molecular weight excluding hydrogens is 299 g/mol. The van der Waals surface area contributed by atoms with Crippen LogP contribution < -0.4 is 5.32 Å². The summed E-state index contributed by atoms with van der Waals surface area (Å²) in [5.74, 6) is -1.31. The summed E-state index contributed by atoms with van der Waals surface area (Å²) < 4.78 is 13.9. The molecule has 0 aromatic heterocycles. The molecule has 1 heterocycles. The van der Waals surface area contributed by atoms with E-state index in [2.05, 4.69) is 5.32 Å². The Morgan fingerprint density at radius 3 is 2.65 bits per heavy atom. The quantitative estimate of drug-likeness (QED) is 0.880. The molecule has 124 valence electrons. The van der Waals surface area contributed by atoms with Crippen LogP contribution in [0.25, 0.3) is 0 Å². The fraction of sp³-hybridized carbons (Fsp3) is 0.529. The van der Waals surface area contributed by atoms with E-state index in [4.69, 9.17) is 5.11 Å². The summed E-state index contributed by atoms with van der Waals surface area (Å²) in [5, 5.41) is 12.0. The molecule has 23 heavy (non-hydrogen) atoms. The second kappa shape index (κ2) is 6.56. The molecule has 1 saturated carbocycles. The second-order valence-corrected chi connectivity index (χ2v) is 6.39. The Kier molecular flexibility index (Phi) is 4.50. The summed E-state index contributed by atoms with van der Waals surface area (Å²) in [7, 11) is 0. The number of carboxylic acids is 1. The van der Waals surface area contributed by atoms with Crippen LogP contribution in [0.4, 0.5) is 9.18 Å². The van der Waals surface area contributed by atoms with Gasteiger partial charge in [-0.3, -0.25) is 4.79 Å². The topological polar surface area (TPSA) is 69.6 Å². The van der Waals surface area contributed by atoms with Gasteiger partial charge in [-0.1, -0.05) is 12.1 Å². The Bertz CT molecular complexity index is 612. The number of carbonyl (C=O) groups excluding carboxylic acids is 1.